The second kappa shape index (κ2) is 24.4. The maximum Gasteiger partial charge on any atom is 0 e. The van der Waals surface area contributed by atoms with Gasteiger partial charge in [-0.05, 0) is 0 Å². The van der Waals surface area contributed by atoms with Gasteiger partial charge in [-0.25, -0.2) is 0 Å². The van der Waals surface area contributed by atoms with Crippen molar-refractivity contribution < 1.29 is 0 Å². The molecule has 4 heavy (non-hydrogen) atoms. The average Bonchev–Trinajstić information content (AvgIpc) is 0. The summed E-state index contributed by atoms with van der Waals surface area (Å²) < 4.78 is 0. The Morgan fingerprint density at radius 1 is 1.00 bits per heavy atom. The maximum absolute atomic E-state index is 0. The van der Waals surface area contributed by atoms with E-state index in [1.54, 1.807) is 0 Å². The van der Waals surface area contributed by atoms with Crippen molar-refractivity contribution in [3.8, 4) is 0 Å². The average molecular weight is 242 g/mol. The van der Waals surface area contributed by atoms with E-state index < -0.39 is 0 Å². The predicted octanol–water partition coefficient (Wildman–Crippen LogP) is -1.62. The molecule has 0 fully saturated rings. The summed E-state index contributed by atoms with van der Waals surface area (Å²) in [4.78, 5) is 0. The first-order valence-corrected chi connectivity index (χ1v) is 0. The van der Waals surface area contributed by atoms with Gasteiger partial charge in [0.25, 0.3) is 0 Å². The van der Waals surface area contributed by atoms with Gasteiger partial charge in [-0.3, -0.25) is 0 Å². The number of rotatable bonds is 0. The van der Waals surface area contributed by atoms with E-state index in [0.717, 1.165) is 0 Å². The molecule has 0 unspecified atom stereocenters. The van der Waals surface area contributed by atoms with Gasteiger partial charge in [0.15, 0.2) is 0 Å². The van der Waals surface area contributed by atoms with Crippen molar-refractivity contribution in [2.75, 3.05) is 0 Å². The Balaban J connectivity index is 0. The minimum Gasteiger partial charge on any atom is 0 e. The molecule has 4 heteroatoms. The van der Waals surface area contributed by atoms with Crippen molar-refractivity contribution in [3.05, 3.63) is 0 Å². The molecule has 1 nitrogen and oxygen atoms in total. The van der Waals surface area contributed by atoms with Crippen LogP contribution in [0.25, 0.3) is 0 Å². The fourth-order valence-corrected chi connectivity index (χ4v) is 0. The fraction of sp³-hybridized carbons (Fsp3) is 0. The molecule has 19 valence electrons. The summed E-state index contributed by atoms with van der Waals surface area (Å²) in [5.74, 6) is 0. The summed E-state index contributed by atoms with van der Waals surface area (Å²) in [6.07, 6.45) is 0. The van der Waals surface area contributed by atoms with Crippen LogP contribution >= 0.6 is 0 Å². The minimum atomic E-state index is 0. The van der Waals surface area contributed by atoms with Gasteiger partial charge in [-0.1, -0.05) is 0 Å². The van der Waals surface area contributed by atoms with Gasteiger partial charge in [0, 0.05) is 58.4 Å². The summed E-state index contributed by atoms with van der Waals surface area (Å²) >= 11 is 0. The second-order valence-electron chi connectivity index (χ2n) is 0. The Hall–Kier alpha value is 1.51. The van der Waals surface area contributed by atoms with E-state index in [2.05, 4.69) is 0 Å². The van der Waals surface area contributed by atoms with E-state index >= 15 is 0 Å². The van der Waals surface area contributed by atoms with Crippen LogP contribution in [0.4, 0.5) is 0 Å². The number of nitrogens with zero attached hydrogens (tertiary/aromatic N) is 1. The van der Waals surface area contributed by atoms with Crippen molar-refractivity contribution >= 4 is 52.2 Å². The predicted molar refractivity (Wildman–Crippen MR) is 19.4 cm³/mol. The molecule has 0 bridgehead atoms. The van der Waals surface area contributed by atoms with E-state index in [9.17, 15) is 0 Å². The van der Waals surface area contributed by atoms with Gasteiger partial charge in [0.2, 0.25) is 0 Å². The molecular formula is GeNSiTe. The molecule has 0 aliphatic carbocycles. The smallest absolute Gasteiger partial charge is 0 e. The molecule has 0 aromatic carbocycles. The standard InChI is InChI=1S/Ge.N.Si.Te. The van der Waals surface area contributed by atoms with Crippen LogP contribution in [0.3, 0.4) is 0 Å². The Labute approximate surface area is 58.2 Å². The molecule has 0 aromatic rings. The number of hydrogen-bond acceptors (Lipinski definition) is 0. The van der Waals surface area contributed by atoms with Crippen molar-refractivity contribution in [2.45, 2.75) is 0 Å². The van der Waals surface area contributed by atoms with E-state index in [-0.39, 0.29) is 58.4 Å². The van der Waals surface area contributed by atoms with Crippen molar-refractivity contribution in [2.24, 2.45) is 0 Å². The Morgan fingerprint density at radius 2 is 1.00 bits per heavy atom. The van der Waals surface area contributed by atoms with Crippen LogP contribution in [-0.4, -0.2) is 52.2 Å². The van der Waals surface area contributed by atoms with Gasteiger partial charge in [-0.2, -0.15) is 0 Å². The maximum atomic E-state index is 0. The third kappa shape index (κ3) is 9.70. The van der Waals surface area contributed by atoms with Gasteiger partial charge in [-0.15, -0.1) is 0 Å². The zero-order valence-corrected chi connectivity index (χ0v) is 7.28. The van der Waals surface area contributed by atoms with E-state index in [1.807, 2.05) is 0 Å². The van der Waals surface area contributed by atoms with Gasteiger partial charge >= 0.3 is 0 Å². The molecule has 0 saturated carbocycles. The Kier molecular flexibility index (Phi) is 300. The van der Waals surface area contributed by atoms with Crippen LogP contribution in [0.15, 0.2) is 0 Å². The Morgan fingerprint density at radius 3 is 1.00 bits per heavy atom. The summed E-state index contributed by atoms with van der Waals surface area (Å²) in [6.45, 7) is 0. The van der Waals surface area contributed by atoms with E-state index in [4.69, 9.17) is 0 Å². The van der Waals surface area contributed by atoms with Crippen LogP contribution in [0.5, 0.6) is 0 Å². The zero-order valence-electron chi connectivity index (χ0n) is 1.86. The van der Waals surface area contributed by atoms with Crippen molar-refractivity contribution in [1.29, 1.82) is 0 Å². The first-order valence-electron chi connectivity index (χ1n) is 0. The molecule has 0 aromatic heterocycles. The largest absolute Gasteiger partial charge is 0 e. The van der Waals surface area contributed by atoms with Crippen LogP contribution < -0.4 is 6.15 Å². The minimum absolute atomic E-state index is 0. The second-order valence-corrected chi connectivity index (χ2v) is 0. The summed E-state index contributed by atoms with van der Waals surface area (Å²) in [6, 6.07) is 0. The van der Waals surface area contributed by atoms with Crippen LogP contribution in [-0.2, 0) is 0 Å². The Bertz CT molecular complexity index is 8.00. The molecule has 0 atom stereocenters. The normalized spacial score (nSPS) is 0. The molecule has 0 spiro atoms. The molecule has 0 saturated heterocycles. The first kappa shape index (κ1) is 49.2. The first-order chi connectivity index (χ1) is 0. The molecule has 0 rings (SSSR count). The molecule has 13 radical (unpaired) electrons. The van der Waals surface area contributed by atoms with Crippen LogP contribution in [0.1, 0.15) is 0 Å². The third-order valence-electron chi connectivity index (χ3n) is 0. The fourth-order valence-electron chi connectivity index (χ4n) is 0. The molecule has 0 heterocycles. The van der Waals surface area contributed by atoms with Crippen LogP contribution in [0, 0.1) is 0 Å². The molecule has 0 amide bonds. The van der Waals surface area contributed by atoms with Crippen molar-refractivity contribution in [1.82, 2.24) is 6.15 Å². The van der Waals surface area contributed by atoms with Gasteiger partial charge in [0.1, 0.15) is 0 Å². The topological polar surface area (TPSA) is 30.5 Å². The summed E-state index contributed by atoms with van der Waals surface area (Å²) in [5, 5.41) is 0. The SMILES string of the molecule is [Ge].[N].[Si].[Te]. The quantitative estimate of drug-likeness (QED) is 0.457. The summed E-state index contributed by atoms with van der Waals surface area (Å²) in [7, 11) is 0. The molecular weight excluding hydrogens is 242 g/mol. The summed E-state index contributed by atoms with van der Waals surface area (Å²) in [5.41, 5.74) is 0. The number of hydrogen-bond donors (Lipinski definition) is 0. The van der Waals surface area contributed by atoms with Gasteiger partial charge in [0.05, 0.1) is 0 Å². The monoisotopic (exact) mass is 246 g/mol. The van der Waals surface area contributed by atoms with E-state index in [0.29, 0.717) is 0 Å². The molecule has 0 aliphatic rings. The van der Waals surface area contributed by atoms with Crippen molar-refractivity contribution in [3.63, 3.8) is 0 Å². The molecule has 0 aliphatic heterocycles. The third-order valence-corrected chi connectivity index (χ3v) is 0. The zero-order chi connectivity index (χ0) is 0. The van der Waals surface area contributed by atoms with Gasteiger partial charge < -0.3 is 0 Å². The van der Waals surface area contributed by atoms with E-state index in [1.165, 1.54) is 0 Å². The molecule has 0 N–H and O–H groups in total. The van der Waals surface area contributed by atoms with Crippen LogP contribution in [0.2, 0.25) is 0 Å².